The maximum Gasteiger partial charge on any atom is 0.251 e. The second kappa shape index (κ2) is 7.06. The van der Waals surface area contributed by atoms with E-state index in [1.54, 1.807) is 12.1 Å². The molecule has 0 heterocycles. The summed E-state index contributed by atoms with van der Waals surface area (Å²) < 4.78 is 0.728. The van der Waals surface area contributed by atoms with E-state index in [4.69, 9.17) is 11.6 Å². The number of halogens is 2. The van der Waals surface area contributed by atoms with Gasteiger partial charge in [0, 0.05) is 17.5 Å². The molecule has 0 fully saturated rings. The number of carbonyl (C=O) groups is 1. The number of phenols is 1. The molecular formula is C12H15ClINO2. The maximum absolute atomic E-state index is 11.7. The number of phenolic OH excluding ortho intramolecular Hbond substituents is 1. The van der Waals surface area contributed by atoms with Crippen LogP contribution in [0.15, 0.2) is 18.2 Å². The smallest absolute Gasteiger partial charge is 0.251 e. The van der Waals surface area contributed by atoms with Crippen molar-refractivity contribution in [3.63, 3.8) is 0 Å². The molecule has 0 aliphatic rings. The fraction of sp³-hybridized carbons (Fsp3) is 0.417. The van der Waals surface area contributed by atoms with E-state index in [0.717, 1.165) is 16.4 Å². The summed E-state index contributed by atoms with van der Waals surface area (Å²) in [5.41, 5.74) is 0.463. The van der Waals surface area contributed by atoms with Crippen LogP contribution in [0.4, 0.5) is 0 Å². The van der Waals surface area contributed by atoms with E-state index < -0.39 is 0 Å². The van der Waals surface area contributed by atoms with E-state index in [1.165, 1.54) is 6.07 Å². The van der Waals surface area contributed by atoms with Crippen molar-refractivity contribution in [2.45, 2.75) is 25.1 Å². The van der Waals surface area contributed by atoms with Crippen molar-refractivity contribution in [2.24, 2.45) is 0 Å². The van der Waals surface area contributed by atoms with E-state index in [9.17, 15) is 9.90 Å². The van der Waals surface area contributed by atoms with E-state index in [2.05, 4.69) is 5.32 Å². The summed E-state index contributed by atoms with van der Waals surface area (Å²) >= 11 is 7.96. The molecule has 1 unspecified atom stereocenters. The highest BCUT2D eigenvalue weighted by Crippen LogP contribution is 2.20. The van der Waals surface area contributed by atoms with Crippen LogP contribution in [0.25, 0.3) is 0 Å². The summed E-state index contributed by atoms with van der Waals surface area (Å²) in [5, 5.41) is 12.4. The van der Waals surface area contributed by atoms with Crippen molar-refractivity contribution in [3.05, 3.63) is 27.3 Å². The van der Waals surface area contributed by atoms with Gasteiger partial charge < -0.3 is 10.4 Å². The molecule has 1 atom stereocenters. The molecule has 0 aliphatic heterocycles. The van der Waals surface area contributed by atoms with E-state index in [0.29, 0.717) is 12.1 Å². The number of nitrogens with one attached hydrogen (secondary N) is 1. The average molecular weight is 368 g/mol. The SMILES string of the molecule is CCC(Cl)CCNC(=O)c1ccc(I)c(O)c1. The Labute approximate surface area is 120 Å². The Balaban J connectivity index is 2.50. The first-order valence-corrected chi connectivity index (χ1v) is 6.97. The predicted octanol–water partition coefficient (Wildman–Crippen LogP) is 3.13. The summed E-state index contributed by atoms with van der Waals surface area (Å²) in [7, 11) is 0. The summed E-state index contributed by atoms with van der Waals surface area (Å²) in [6.45, 7) is 2.56. The van der Waals surface area contributed by atoms with Crippen LogP contribution in [-0.4, -0.2) is 22.9 Å². The number of benzene rings is 1. The molecule has 0 spiro atoms. The van der Waals surface area contributed by atoms with Gasteiger partial charge in [-0.25, -0.2) is 0 Å². The van der Waals surface area contributed by atoms with Gasteiger partial charge in [-0.05, 0) is 53.6 Å². The van der Waals surface area contributed by atoms with Gasteiger partial charge in [0.25, 0.3) is 5.91 Å². The van der Waals surface area contributed by atoms with Crippen LogP contribution < -0.4 is 5.32 Å². The fourth-order valence-corrected chi connectivity index (χ4v) is 1.75. The molecule has 0 radical (unpaired) electrons. The first-order valence-electron chi connectivity index (χ1n) is 5.45. The number of amides is 1. The minimum Gasteiger partial charge on any atom is -0.507 e. The van der Waals surface area contributed by atoms with Crippen LogP contribution >= 0.6 is 34.2 Å². The van der Waals surface area contributed by atoms with Gasteiger partial charge >= 0.3 is 0 Å². The first kappa shape index (κ1) is 14.6. The Bertz CT molecular complexity index is 398. The van der Waals surface area contributed by atoms with Gasteiger partial charge in [0.1, 0.15) is 5.75 Å². The van der Waals surface area contributed by atoms with Gasteiger partial charge in [0.15, 0.2) is 0 Å². The van der Waals surface area contributed by atoms with Crippen molar-refractivity contribution in [1.82, 2.24) is 5.32 Å². The summed E-state index contributed by atoms with van der Waals surface area (Å²) in [5.74, 6) is -0.0568. The molecule has 3 nitrogen and oxygen atoms in total. The fourth-order valence-electron chi connectivity index (χ4n) is 1.30. The number of alkyl halides is 1. The Hall–Kier alpha value is -0.490. The van der Waals surface area contributed by atoms with Crippen molar-refractivity contribution >= 4 is 40.1 Å². The molecule has 1 rings (SSSR count). The van der Waals surface area contributed by atoms with Crippen LogP contribution in [0.3, 0.4) is 0 Å². The highest BCUT2D eigenvalue weighted by atomic mass is 127. The zero-order valence-corrected chi connectivity index (χ0v) is 12.5. The van der Waals surface area contributed by atoms with E-state index in [-0.39, 0.29) is 17.0 Å². The van der Waals surface area contributed by atoms with Gasteiger partial charge in [-0.2, -0.15) is 0 Å². The number of rotatable bonds is 5. The summed E-state index contributed by atoms with van der Waals surface area (Å²) in [6, 6.07) is 4.87. The maximum atomic E-state index is 11.7. The van der Waals surface area contributed by atoms with Gasteiger partial charge in [-0.1, -0.05) is 6.92 Å². The molecule has 5 heteroatoms. The normalized spacial score (nSPS) is 12.2. The van der Waals surface area contributed by atoms with Crippen molar-refractivity contribution in [1.29, 1.82) is 0 Å². The Kier molecular flexibility index (Phi) is 6.05. The zero-order chi connectivity index (χ0) is 12.8. The molecule has 0 bridgehead atoms. The molecule has 1 amide bonds. The number of hydrogen-bond acceptors (Lipinski definition) is 2. The molecule has 0 saturated heterocycles. The summed E-state index contributed by atoms with van der Waals surface area (Å²) in [4.78, 5) is 11.7. The lowest BCUT2D eigenvalue weighted by atomic mass is 10.2. The lowest BCUT2D eigenvalue weighted by molar-refractivity contribution is 0.0952. The van der Waals surface area contributed by atoms with Gasteiger partial charge in [-0.3, -0.25) is 4.79 Å². The Morgan fingerprint density at radius 1 is 1.59 bits per heavy atom. The first-order chi connectivity index (χ1) is 8.04. The second-order valence-electron chi connectivity index (χ2n) is 3.72. The Morgan fingerprint density at radius 2 is 2.29 bits per heavy atom. The highest BCUT2D eigenvalue weighted by Gasteiger charge is 2.08. The van der Waals surface area contributed by atoms with Crippen molar-refractivity contribution < 1.29 is 9.90 Å². The van der Waals surface area contributed by atoms with Crippen LogP contribution in [0.1, 0.15) is 30.1 Å². The van der Waals surface area contributed by atoms with Crippen LogP contribution in [0.5, 0.6) is 5.75 Å². The molecule has 17 heavy (non-hydrogen) atoms. The van der Waals surface area contributed by atoms with Gasteiger partial charge in [0.2, 0.25) is 0 Å². The third-order valence-corrected chi connectivity index (χ3v) is 3.83. The van der Waals surface area contributed by atoms with Gasteiger partial charge in [0.05, 0.1) is 3.57 Å². The minimum absolute atomic E-state index is 0.0976. The molecule has 0 saturated carbocycles. The molecule has 2 N–H and O–H groups in total. The molecular weight excluding hydrogens is 352 g/mol. The third-order valence-electron chi connectivity index (χ3n) is 2.39. The molecule has 94 valence electrons. The summed E-state index contributed by atoms with van der Waals surface area (Å²) in [6.07, 6.45) is 1.64. The van der Waals surface area contributed by atoms with Gasteiger partial charge in [-0.15, -0.1) is 11.6 Å². The Morgan fingerprint density at radius 3 is 2.88 bits per heavy atom. The lowest BCUT2D eigenvalue weighted by Crippen LogP contribution is -2.26. The number of aromatic hydroxyl groups is 1. The molecule has 0 aliphatic carbocycles. The largest absolute Gasteiger partial charge is 0.507 e. The molecule has 1 aromatic carbocycles. The highest BCUT2D eigenvalue weighted by molar-refractivity contribution is 14.1. The minimum atomic E-state index is -0.184. The average Bonchev–Trinajstić information content (AvgIpc) is 2.32. The van der Waals surface area contributed by atoms with Crippen LogP contribution in [-0.2, 0) is 0 Å². The number of hydrogen-bond donors (Lipinski definition) is 2. The topological polar surface area (TPSA) is 49.3 Å². The van der Waals surface area contributed by atoms with E-state index >= 15 is 0 Å². The van der Waals surface area contributed by atoms with Crippen molar-refractivity contribution in [3.8, 4) is 5.75 Å². The van der Waals surface area contributed by atoms with Crippen molar-refractivity contribution in [2.75, 3.05) is 6.54 Å². The standard InChI is InChI=1S/C12H15ClINO2/c1-2-9(13)5-6-15-12(17)8-3-4-10(14)11(16)7-8/h3-4,7,9,16H,2,5-6H2,1H3,(H,15,17). The quantitative estimate of drug-likeness (QED) is 0.620. The van der Waals surface area contributed by atoms with Crippen LogP contribution in [0.2, 0.25) is 0 Å². The third kappa shape index (κ3) is 4.71. The number of carbonyl (C=O) groups excluding carboxylic acids is 1. The monoisotopic (exact) mass is 367 g/mol. The van der Waals surface area contributed by atoms with Crippen LogP contribution in [0, 0.1) is 3.57 Å². The molecule has 1 aromatic rings. The predicted molar refractivity (Wildman–Crippen MR) is 77.7 cm³/mol. The second-order valence-corrected chi connectivity index (χ2v) is 5.50. The lowest BCUT2D eigenvalue weighted by Gasteiger charge is -2.08. The zero-order valence-electron chi connectivity index (χ0n) is 9.54. The van der Waals surface area contributed by atoms with E-state index in [1.807, 2.05) is 29.5 Å². The molecule has 0 aromatic heterocycles.